The number of methoxy groups -OCH3 is 1. The number of hydrogen-bond donors (Lipinski definition) is 3. The number of hydrogen-bond acceptors (Lipinski definition) is 8. The van der Waals surface area contributed by atoms with Crippen molar-refractivity contribution in [2.24, 2.45) is 0 Å². The van der Waals surface area contributed by atoms with Crippen LogP contribution in [0.15, 0.2) is 67.0 Å². The van der Waals surface area contributed by atoms with Gasteiger partial charge < -0.3 is 25.2 Å². The second-order valence-corrected chi connectivity index (χ2v) is 10.4. The fourth-order valence-electron chi connectivity index (χ4n) is 5.04. The van der Waals surface area contributed by atoms with E-state index in [1.807, 2.05) is 30.3 Å². The average molecular weight is 576 g/mol. The predicted molar refractivity (Wildman–Crippen MR) is 161 cm³/mol. The standard InChI is InChI=1S/C32H41N5O5/c1-41-29(25-10-7-17-33-23-25)31(38)36-28(32(39)40)16-20-37(21-22-42-27-12-3-2-4-13-27)19-6-5-11-26-15-14-24-9-8-18-34-30(24)35-26/h2-4,7,10,12-15,17,23,28-29H,5-6,8-9,11,16,18-22H2,1H3,(H,34,35)(H,36,38)(H,39,40)/t28-,29?/m0/s1. The maximum Gasteiger partial charge on any atom is 0.326 e. The number of carboxylic acids is 1. The van der Waals surface area contributed by atoms with Crippen molar-refractivity contribution in [3.63, 3.8) is 0 Å². The third kappa shape index (κ3) is 9.53. The van der Waals surface area contributed by atoms with Gasteiger partial charge in [-0.1, -0.05) is 30.3 Å². The van der Waals surface area contributed by atoms with E-state index in [4.69, 9.17) is 14.5 Å². The van der Waals surface area contributed by atoms with Crippen LogP contribution < -0.4 is 15.4 Å². The topological polar surface area (TPSA) is 126 Å². The highest BCUT2D eigenvalue weighted by Gasteiger charge is 2.27. The van der Waals surface area contributed by atoms with Gasteiger partial charge in [-0.3, -0.25) is 14.7 Å². The van der Waals surface area contributed by atoms with Gasteiger partial charge in [-0.15, -0.1) is 0 Å². The summed E-state index contributed by atoms with van der Waals surface area (Å²) in [4.78, 5) is 36.0. The minimum Gasteiger partial charge on any atom is -0.492 e. The first-order valence-electron chi connectivity index (χ1n) is 14.6. The van der Waals surface area contributed by atoms with E-state index in [0.29, 0.717) is 25.3 Å². The van der Waals surface area contributed by atoms with Crippen LogP contribution in [0.3, 0.4) is 0 Å². The quantitative estimate of drug-likeness (QED) is 0.206. The van der Waals surface area contributed by atoms with E-state index in [-0.39, 0.29) is 6.42 Å². The zero-order chi connectivity index (χ0) is 29.6. The molecule has 3 heterocycles. The number of para-hydroxylation sites is 1. The van der Waals surface area contributed by atoms with Crippen LogP contribution in [-0.4, -0.2) is 77.8 Å². The maximum atomic E-state index is 12.9. The molecule has 3 aromatic rings. The molecule has 1 amide bonds. The Morgan fingerprint density at radius 2 is 1.93 bits per heavy atom. The summed E-state index contributed by atoms with van der Waals surface area (Å²) in [6.07, 6.45) is 7.42. The van der Waals surface area contributed by atoms with Gasteiger partial charge in [-0.2, -0.15) is 0 Å². The lowest BCUT2D eigenvalue weighted by molar-refractivity contribution is -0.144. The highest BCUT2D eigenvalue weighted by molar-refractivity contribution is 5.87. The number of pyridine rings is 2. The number of carbonyl (C=O) groups excluding carboxylic acids is 1. The number of rotatable bonds is 17. The summed E-state index contributed by atoms with van der Waals surface area (Å²) in [5.74, 6) is 0.210. The molecule has 224 valence electrons. The molecule has 2 atom stereocenters. The Labute approximate surface area is 247 Å². The molecule has 10 nitrogen and oxygen atoms in total. The number of amides is 1. The Hall–Kier alpha value is -4.02. The van der Waals surface area contributed by atoms with Crippen LogP contribution in [0.5, 0.6) is 5.75 Å². The van der Waals surface area contributed by atoms with E-state index in [9.17, 15) is 14.7 Å². The highest BCUT2D eigenvalue weighted by atomic mass is 16.5. The van der Waals surface area contributed by atoms with Gasteiger partial charge >= 0.3 is 5.97 Å². The van der Waals surface area contributed by atoms with Crippen molar-refractivity contribution < 1.29 is 24.2 Å². The Kier molecular flexibility index (Phi) is 12.1. The molecule has 0 spiro atoms. The summed E-state index contributed by atoms with van der Waals surface area (Å²) in [5, 5.41) is 15.9. The number of ether oxygens (including phenoxy) is 2. The molecule has 0 aliphatic carbocycles. The molecule has 0 bridgehead atoms. The van der Waals surface area contributed by atoms with Crippen molar-refractivity contribution in [2.45, 2.75) is 50.7 Å². The first-order valence-corrected chi connectivity index (χ1v) is 14.6. The molecule has 0 saturated heterocycles. The number of aryl methyl sites for hydroxylation is 2. The van der Waals surface area contributed by atoms with E-state index < -0.39 is 24.0 Å². The monoisotopic (exact) mass is 575 g/mol. The fourth-order valence-corrected chi connectivity index (χ4v) is 5.04. The van der Waals surface area contributed by atoms with Crippen LogP contribution in [0.1, 0.15) is 48.6 Å². The summed E-state index contributed by atoms with van der Waals surface area (Å²) >= 11 is 0. The summed E-state index contributed by atoms with van der Waals surface area (Å²) < 4.78 is 11.3. The number of anilines is 1. The minimum atomic E-state index is -1.09. The van der Waals surface area contributed by atoms with Crippen molar-refractivity contribution in [1.82, 2.24) is 20.2 Å². The molecular weight excluding hydrogens is 534 g/mol. The van der Waals surface area contributed by atoms with Gasteiger partial charge in [0.05, 0.1) is 0 Å². The number of fused-ring (bicyclic) bond motifs is 1. The Balaban J connectivity index is 1.31. The van der Waals surface area contributed by atoms with Crippen molar-refractivity contribution in [2.75, 3.05) is 45.2 Å². The number of carbonyl (C=O) groups is 2. The second-order valence-electron chi connectivity index (χ2n) is 10.4. The molecule has 2 aromatic heterocycles. The predicted octanol–water partition coefficient (Wildman–Crippen LogP) is 3.89. The van der Waals surface area contributed by atoms with Gasteiger partial charge in [0.25, 0.3) is 5.91 Å². The van der Waals surface area contributed by atoms with Crippen molar-refractivity contribution in [3.8, 4) is 5.75 Å². The summed E-state index contributed by atoms with van der Waals surface area (Å²) in [5.41, 5.74) is 2.93. The number of nitrogens with one attached hydrogen (secondary N) is 2. The number of carboxylic acid groups (broad SMARTS) is 1. The molecule has 42 heavy (non-hydrogen) atoms. The van der Waals surface area contributed by atoms with Crippen LogP contribution in [0.4, 0.5) is 5.82 Å². The van der Waals surface area contributed by atoms with E-state index in [0.717, 1.165) is 62.5 Å². The lowest BCUT2D eigenvalue weighted by Gasteiger charge is -2.25. The SMILES string of the molecule is COC(C(=O)N[C@@H](CCN(CCCCc1ccc2c(n1)NCCC2)CCOc1ccccc1)C(=O)O)c1cccnc1. The first-order chi connectivity index (χ1) is 20.5. The van der Waals surface area contributed by atoms with Crippen LogP contribution >= 0.6 is 0 Å². The van der Waals surface area contributed by atoms with Crippen molar-refractivity contribution in [3.05, 3.63) is 83.8 Å². The molecule has 1 aliphatic heterocycles. The number of aromatic nitrogens is 2. The lowest BCUT2D eigenvalue weighted by atomic mass is 10.1. The van der Waals surface area contributed by atoms with Crippen molar-refractivity contribution in [1.29, 1.82) is 0 Å². The molecule has 0 fully saturated rings. The second kappa shape index (κ2) is 16.4. The summed E-state index contributed by atoms with van der Waals surface area (Å²) in [7, 11) is 1.41. The molecule has 0 saturated carbocycles. The maximum absolute atomic E-state index is 12.9. The number of aliphatic carboxylic acids is 1. The number of nitrogens with zero attached hydrogens (tertiary/aromatic N) is 3. The Bertz CT molecular complexity index is 1260. The molecule has 0 radical (unpaired) electrons. The summed E-state index contributed by atoms with van der Waals surface area (Å²) in [6.45, 7) is 3.33. The van der Waals surface area contributed by atoms with Crippen LogP contribution in [0.2, 0.25) is 0 Å². The van der Waals surface area contributed by atoms with Gasteiger partial charge in [0.2, 0.25) is 0 Å². The molecule has 3 N–H and O–H groups in total. The zero-order valence-electron chi connectivity index (χ0n) is 24.2. The van der Waals surface area contributed by atoms with E-state index in [2.05, 4.69) is 32.7 Å². The van der Waals surface area contributed by atoms with Gasteiger partial charge in [0.15, 0.2) is 6.10 Å². The molecule has 1 aliphatic rings. The zero-order valence-corrected chi connectivity index (χ0v) is 24.2. The summed E-state index contributed by atoms with van der Waals surface area (Å²) in [6, 6.07) is 16.3. The highest BCUT2D eigenvalue weighted by Crippen LogP contribution is 2.20. The van der Waals surface area contributed by atoms with Crippen LogP contribution in [-0.2, 0) is 27.2 Å². The third-order valence-electron chi connectivity index (χ3n) is 7.34. The van der Waals surface area contributed by atoms with Gasteiger partial charge in [0.1, 0.15) is 24.2 Å². The van der Waals surface area contributed by atoms with Crippen LogP contribution in [0.25, 0.3) is 0 Å². The van der Waals surface area contributed by atoms with Crippen molar-refractivity contribution >= 4 is 17.7 Å². The number of benzene rings is 1. The fraction of sp³-hybridized carbons (Fsp3) is 0.438. The average Bonchev–Trinajstić information content (AvgIpc) is 3.02. The van der Waals surface area contributed by atoms with E-state index >= 15 is 0 Å². The largest absolute Gasteiger partial charge is 0.492 e. The molecule has 10 heteroatoms. The van der Waals surface area contributed by atoms with Gasteiger partial charge in [0, 0.05) is 50.4 Å². The Morgan fingerprint density at radius 1 is 1.07 bits per heavy atom. The van der Waals surface area contributed by atoms with E-state index in [1.165, 1.54) is 18.9 Å². The van der Waals surface area contributed by atoms with E-state index in [1.54, 1.807) is 18.3 Å². The third-order valence-corrected chi connectivity index (χ3v) is 7.34. The van der Waals surface area contributed by atoms with Crippen LogP contribution in [0, 0.1) is 0 Å². The minimum absolute atomic E-state index is 0.244. The smallest absolute Gasteiger partial charge is 0.326 e. The van der Waals surface area contributed by atoms with Gasteiger partial charge in [-0.05, 0) is 74.9 Å². The molecular formula is C32H41N5O5. The Morgan fingerprint density at radius 3 is 2.69 bits per heavy atom. The molecule has 1 unspecified atom stereocenters. The van der Waals surface area contributed by atoms with Gasteiger partial charge in [-0.25, -0.2) is 9.78 Å². The molecule has 1 aromatic carbocycles. The number of unbranched alkanes of at least 4 members (excludes halogenated alkanes) is 1. The first kappa shape index (κ1) is 30.9. The molecule has 4 rings (SSSR count). The lowest BCUT2D eigenvalue weighted by Crippen LogP contribution is -2.45. The normalized spacial score (nSPS) is 14.0.